The van der Waals surface area contributed by atoms with E-state index in [-0.39, 0.29) is 12.3 Å². The van der Waals surface area contributed by atoms with E-state index in [0.717, 1.165) is 5.56 Å². The number of oxazole rings is 1. The fraction of sp³-hybridized carbons (Fsp3) is 0.0625. The monoisotopic (exact) mass is 330 g/mol. The van der Waals surface area contributed by atoms with Gasteiger partial charge >= 0.3 is 0 Å². The average Bonchev–Trinajstić information content (AvgIpc) is 3.03. The van der Waals surface area contributed by atoms with Crippen molar-refractivity contribution in [2.45, 2.75) is 6.61 Å². The Kier molecular flexibility index (Phi) is 4.25. The molecule has 0 radical (unpaired) electrons. The highest BCUT2D eigenvalue weighted by Gasteiger charge is 2.09. The van der Waals surface area contributed by atoms with Crippen LogP contribution in [0.4, 0.5) is 5.69 Å². The number of halogens is 1. The lowest BCUT2D eigenvalue weighted by Crippen LogP contribution is -1.96. The maximum absolute atomic E-state index is 10.7. The van der Waals surface area contributed by atoms with Gasteiger partial charge in [-0.3, -0.25) is 10.1 Å². The van der Waals surface area contributed by atoms with Crippen molar-refractivity contribution in [1.82, 2.24) is 4.98 Å². The summed E-state index contributed by atoms with van der Waals surface area (Å²) in [5, 5.41) is 11.4. The summed E-state index contributed by atoms with van der Waals surface area (Å²) in [7, 11) is 0. The van der Waals surface area contributed by atoms with Gasteiger partial charge in [0.2, 0.25) is 5.89 Å². The van der Waals surface area contributed by atoms with Gasteiger partial charge < -0.3 is 9.15 Å². The zero-order valence-corrected chi connectivity index (χ0v) is 12.6. The van der Waals surface area contributed by atoms with Gasteiger partial charge in [-0.2, -0.15) is 0 Å². The van der Waals surface area contributed by atoms with Gasteiger partial charge in [0.15, 0.2) is 0 Å². The first-order valence-corrected chi connectivity index (χ1v) is 7.07. The van der Waals surface area contributed by atoms with Crippen LogP contribution in [-0.4, -0.2) is 9.91 Å². The van der Waals surface area contributed by atoms with Crippen molar-refractivity contribution in [2.24, 2.45) is 0 Å². The molecule has 0 atom stereocenters. The summed E-state index contributed by atoms with van der Waals surface area (Å²) in [5.41, 5.74) is 1.36. The minimum Gasteiger partial charge on any atom is -0.487 e. The standard InChI is InChI=1S/C16H11ClN2O4/c17-12-6-4-11(5-7-12)16-18-13(10-23-16)9-22-15-3-1-2-14(8-15)19(20)21/h1-8,10H,9H2. The molecule has 3 rings (SSSR count). The van der Waals surface area contributed by atoms with Gasteiger partial charge in [-0.05, 0) is 30.3 Å². The van der Waals surface area contributed by atoms with Gasteiger partial charge in [0.05, 0.1) is 11.0 Å². The quantitative estimate of drug-likeness (QED) is 0.509. The summed E-state index contributed by atoms with van der Waals surface area (Å²) in [6.07, 6.45) is 1.49. The van der Waals surface area contributed by atoms with Crippen LogP contribution in [0.2, 0.25) is 5.02 Å². The summed E-state index contributed by atoms with van der Waals surface area (Å²) in [4.78, 5) is 14.6. The molecular formula is C16H11ClN2O4. The molecule has 7 heteroatoms. The van der Waals surface area contributed by atoms with Crippen molar-refractivity contribution in [3.05, 3.63) is 75.6 Å². The number of non-ortho nitro benzene ring substituents is 1. The number of hydrogen-bond acceptors (Lipinski definition) is 5. The molecule has 0 spiro atoms. The van der Waals surface area contributed by atoms with Crippen LogP contribution < -0.4 is 4.74 Å². The maximum atomic E-state index is 10.7. The van der Waals surface area contributed by atoms with Gasteiger partial charge in [-0.15, -0.1) is 0 Å². The normalized spacial score (nSPS) is 10.5. The number of nitrogens with zero attached hydrogens (tertiary/aromatic N) is 2. The molecule has 0 saturated heterocycles. The molecule has 6 nitrogen and oxygen atoms in total. The van der Waals surface area contributed by atoms with Gasteiger partial charge in [-0.1, -0.05) is 17.7 Å². The molecule has 3 aromatic rings. The van der Waals surface area contributed by atoms with E-state index >= 15 is 0 Å². The number of ether oxygens (including phenoxy) is 1. The first-order valence-electron chi connectivity index (χ1n) is 6.69. The fourth-order valence-corrected chi connectivity index (χ4v) is 2.07. The highest BCUT2D eigenvalue weighted by atomic mass is 35.5. The number of benzene rings is 2. The molecule has 0 bridgehead atoms. The van der Waals surface area contributed by atoms with Gasteiger partial charge in [0, 0.05) is 16.7 Å². The Bertz CT molecular complexity index is 830. The smallest absolute Gasteiger partial charge is 0.273 e. The molecule has 1 heterocycles. The average molecular weight is 331 g/mol. The lowest BCUT2D eigenvalue weighted by molar-refractivity contribution is -0.384. The number of rotatable bonds is 5. The molecule has 0 unspecified atom stereocenters. The third kappa shape index (κ3) is 3.67. The van der Waals surface area contributed by atoms with Crippen molar-refractivity contribution in [2.75, 3.05) is 0 Å². The Morgan fingerprint density at radius 2 is 2.00 bits per heavy atom. The molecule has 2 aromatic carbocycles. The Labute approximate surface area is 136 Å². The maximum Gasteiger partial charge on any atom is 0.273 e. The highest BCUT2D eigenvalue weighted by molar-refractivity contribution is 6.30. The second kappa shape index (κ2) is 6.50. The summed E-state index contributed by atoms with van der Waals surface area (Å²) < 4.78 is 10.9. The van der Waals surface area contributed by atoms with Gasteiger partial charge in [0.1, 0.15) is 24.3 Å². The minimum atomic E-state index is -0.471. The zero-order chi connectivity index (χ0) is 16.2. The number of nitro benzene ring substituents is 1. The number of aromatic nitrogens is 1. The third-order valence-electron chi connectivity index (χ3n) is 3.06. The van der Waals surface area contributed by atoms with E-state index in [1.54, 1.807) is 36.4 Å². The topological polar surface area (TPSA) is 78.4 Å². The van der Waals surface area contributed by atoms with Crippen LogP contribution in [0.25, 0.3) is 11.5 Å². The van der Waals surface area contributed by atoms with E-state index in [4.69, 9.17) is 20.8 Å². The van der Waals surface area contributed by atoms with E-state index < -0.39 is 4.92 Å². The van der Waals surface area contributed by atoms with Crippen LogP contribution in [0.3, 0.4) is 0 Å². The summed E-state index contributed by atoms with van der Waals surface area (Å²) in [6.45, 7) is 0.151. The van der Waals surface area contributed by atoms with Crippen molar-refractivity contribution >= 4 is 17.3 Å². The van der Waals surface area contributed by atoms with E-state index in [0.29, 0.717) is 22.4 Å². The molecular weight excluding hydrogens is 320 g/mol. The fourth-order valence-electron chi connectivity index (χ4n) is 1.94. The van der Waals surface area contributed by atoms with Crippen LogP contribution in [-0.2, 0) is 6.61 Å². The van der Waals surface area contributed by atoms with Crippen molar-refractivity contribution in [3.63, 3.8) is 0 Å². The third-order valence-corrected chi connectivity index (χ3v) is 3.31. The van der Waals surface area contributed by atoms with Gasteiger partial charge in [-0.25, -0.2) is 4.98 Å². The van der Waals surface area contributed by atoms with Crippen LogP contribution in [0, 0.1) is 10.1 Å². The van der Waals surface area contributed by atoms with Crippen LogP contribution in [0.15, 0.2) is 59.2 Å². The molecule has 0 aliphatic rings. The lowest BCUT2D eigenvalue weighted by atomic mass is 10.2. The van der Waals surface area contributed by atoms with Crippen molar-refractivity contribution in [1.29, 1.82) is 0 Å². The molecule has 116 valence electrons. The second-order valence-corrected chi connectivity index (χ2v) is 5.13. The predicted octanol–water partition coefficient (Wildman–Crippen LogP) is 4.48. The summed E-state index contributed by atoms with van der Waals surface area (Å²) >= 11 is 5.84. The first-order chi connectivity index (χ1) is 11.1. The first kappa shape index (κ1) is 15.1. The minimum absolute atomic E-state index is 0.0236. The predicted molar refractivity (Wildman–Crippen MR) is 84.4 cm³/mol. The SMILES string of the molecule is O=[N+]([O-])c1cccc(OCc2coc(-c3ccc(Cl)cc3)n2)c1. The molecule has 1 aromatic heterocycles. The number of nitro groups is 1. The largest absolute Gasteiger partial charge is 0.487 e. The molecule has 23 heavy (non-hydrogen) atoms. The number of hydrogen-bond donors (Lipinski definition) is 0. The molecule has 0 fully saturated rings. The molecule has 0 N–H and O–H groups in total. The lowest BCUT2D eigenvalue weighted by Gasteiger charge is -2.03. The zero-order valence-electron chi connectivity index (χ0n) is 11.8. The van der Waals surface area contributed by atoms with Crippen molar-refractivity contribution < 1.29 is 14.1 Å². The van der Waals surface area contributed by atoms with Crippen LogP contribution in [0.5, 0.6) is 5.75 Å². The van der Waals surface area contributed by atoms with Crippen molar-refractivity contribution in [3.8, 4) is 17.2 Å². The molecule has 0 aliphatic heterocycles. The molecule has 0 saturated carbocycles. The summed E-state index contributed by atoms with van der Waals surface area (Å²) in [5.74, 6) is 0.856. The van der Waals surface area contributed by atoms with E-state index in [9.17, 15) is 10.1 Å². The Balaban J connectivity index is 1.69. The van der Waals surface area contributed by atoms with Crippen LogP contribution >= 0.6 is 11.6 Å². The second-order valence-electron chi connectivity index (χ2n) is 4.69. The Hall–Kier alpha value is -2.86. The van der Waals surface area contributed by atoms with E-state index in [1.165, 1.54) is 18.4 Å². The highest BCUT2D eigenvalue weighted by Crippen LogP contribution is 2.23. The molecule has 0 amide bonds. The summed E-state index contributed by atoms with van der Waals surface area (Å²) in [6, 6.07) is 13.1. The van der Waals surface area contributed by atoms with E-state index in [1.807, 2.05) is 0 Å². The van der Waals surface area contributed by atoms with Crippen LogP contribution in [0.1, 0.15) is 5.69 Å². The Morgan fingerprint density at radius 1 is 1.22 bits per heavy atom. The van der Waals surface area contributed by atoms with E-state index in [2.05, 4.69) is 4.98 Å². The Morgan fingerprint density at radius 3 is 2.74 bits per heavy atom. The molecule has 0 aliphatic carbocycles. The van der Waals surface area contributed by atoms with Gasteiger partial charge in [0.25, 0.3) is 5.69 Å².